The number of H-pyrrole nitrogens is 1. The molecule has 0 spiro atoms. The van der Waals surface area contributed by atoms with E-state index in [1.807, 2.05) is 6.07 Å². The highest BCUT2D eigenvalue weighted by atomic mass is 28.3. The molecule has 1 saturated carbocycles. The molecule has 2 aromatic rings. The average molecular weight is 316 g/mol. The molecule has 1 aromatic carbocycles. The molecule has 2 aliphatic rings. The van der Waals surface area contributed by atoms with Crippen molar-refractivity contribution in [3.8, 4) is 0 Å². The van der Waals surface area contributed by atoms with Gasteiger partial charge in [0.05, 0.1) is 8.07 Å². The minimum Gasteiger partial charge on any atom is -0.358 e. The summed E-state index contributed by atoms with van der Waals surface area (Å²) in [5, 5.41) is 2.14. The van der Waals surface area contributed by atoms with Gasteiger partial charge in [-0.05, 0) is 41.9 Å². The maximum Gasteiger partial charge on any atom is 0.123 e. The van der Waals surface area contributed by atoms with Crippen LogP contribution in [0.2, 0.25) is 18.6 Å². The van der Waals surface area contributed by atoms with Gasteiger partial charge in [-0.3, -0.25) is 0 Å². The zero-order valence-electron chi connectivity index (χ0n) is 13.8. The molecule has 0 atom stereocenters. The second kappa shape index (κ2) is 4.93. The lowest BCUT2D eigenvalue weighted by Crippen LogP contribution is -2.43. The molecular formula is C18H25FN2Si. The van der Waals surface area contributed by atoms with Crippen LogP contribution in [0.4, 0.5) is 4.39 Å². The van der Waals surface area contributed by atoms with E-state index in [-0.39, 0.29) is 5.82 Å². The molecular weight excluding hydrogens is 291 g/mol. The minimum atomic E-state index is -1.64. The highest BCUT2D eigenvalue weighted by Crippen LogP contribution is 2.45. The van der Waals surface area contributed by atoms with E-state index in [2.05, 4.69) is 36.1 Å². The largest absolute Gasteiger partial charge is 0.358 e. The lowest BCUT2D eigenvalue weighted by Gasteiger charge is -2.23. The van der Waals surface area contributed by atoms with E-state index >= 15 is 0 Å². The van der Waals surface area contributed by atoms with Gasteiger partial charge in [0.1, 0.15) is 5.82 Å². The summed E-state index contributed by atoms with van der Waals surface area (Å²) in [5.41, 5.74) is 4.60. The number of aromatic nitrogens is 1. The molecule has 0 amide bonds. The molecule has 1 aliphatic carbocycles. The molecule has 2 nitrogen and oxygen atoms in total. The van der Waals surface area contributed by atoms with Crippen LogP contribution < -0.4 is 5.19 Å². The van der Waals surface area contributed by atoms with Gasteiger partial charge >= 0.3 is 0 Å². The molecule has 22 heavy (non-hydrogen) atoms. The Kier molecular flexibility index (Phi) is 3.24. The summed E-state index contributed by atoms with van der Waals surface area (Å²) in [7, 11) is 0.519. The number of fused-ring (bicyclic) bond motifs is 3. The third-order valence-electron chi connectivity index (χ3n) is 5.86. The topological polar surface area (TPSA) is 19.0 Å². The van der Waals surface area contributed by atoms with E-state index in [4.69, 9.17) is 0 Å². The molecule has 118 valence electrons. The molecule has 0 bridgehead atoms. The van der Waals surface area contributed by atoms with Crippen molar-refractivity contribution in [2.45, 2.75) is 44.3 Å². The lowest BCUT2D eigenvalue weighted by atomic mass is 10.1. The fourth-order valence-corrected chi connectivity index (χ4v) is 7.32. The zero-order chi connectivity index (χ0) is 15.5. The first-order valence-corrected chi connectivity index (χ1v) is 11.6. The molecule has 0 saturated heterocycles. The quantitative estimate of drug-likeness (QED) is 0.841. The van der Waals surface area contributed by atoms with Crippen molar-refractivity contribution < 1.29 is 4.39 Å². The Balaban J connectivity index is 1.83. The smallest absolute Gasteiger partial charge is 0.123 e. The number of aromatic amines is 1. The van der Waals surface area contributed by atoms with Crippen molar-refractivity contribution in [3.05, 3.63) is 29.2 Å². The van der Waals surface area contributed by atoms with E-state index in [1.165, 1.54) is 24.1 Å². The normalized spacial score (nSPS) is 20.2. The maximum absolute atomic E-state index is 14.8. The van der Waals surface area contributed by atoms with E-state index in [1.54, 1.807) is 0 Å². The molecule has 1 aromatic heterocycles. The first kappa shape index (κ1) is 14.5. The maximum atomic E-state index is 14.8. The number of rotatable bonds is 2. The predicted octanol–water partition coefficient (Wildman–Crippen LogP) is 3.42. The minimum absolute atomic E-state index is 0.0375. The number of likely N-dealkylation sites (N-methyl/N-ethyl adjacent to an activating group) is 1. The molecule has 0 radical (unpaired) electrons. The van der Waals surface area contributed by atoms with Gasteiger partial charge in [0.2, 0.25) is 0 Å². The van der Waals surface area contributed by atoms with Crippen molar-refractivity contribution in [1.82, 2.24) is 9.88 Å². The molecule has 1 fully saturated rings. The van der Waals surface area contributed by atoms with Crippen molar-refractivity contribution in [1.29, 1.82) is 0 Å². The number of nitrogens with zero attached hydrogens (tertiary/aromatic N) is 1. The summed E-state index contributed by atoms with van der Waals surface area (Å²) in [6.07, 6.45) is 4.66. The van der Waals surface area contributed by atoms with Gasteiger partial charge in [-0.25, -0.2) is 4.39 Å². The Labute approximate surface area is 132 Å². The van der Waals surface area contributed by atoms with E-state index < -0.39 is 8.07 Å². The van der Waals surface area contributed by atoms with Gasteiger partial charge in [0, 0.05) is 36.1 Å². The van der Waals surface area contributed by atoms with Gasteiger partial charge in [-0.2, -0.15) is 0 Å². The Hall–Kier alpha value is -1.13. The summed E-state index contributed by atoms with van der Waals surface area (Å²) in [6.45, 7) is 6.80. The fourth-order valence-electron chi connectivity index (χ4n) is 4.06. The predicted molar refractivity (Wildman–Crippen MR) is 93.3 cm³/mol. The van der Waals surface area contributed by atoms with Crippen molar-refractivity contribution in [3.63, 3.8) is 0 Å². The van der Waals surface area contributed by atoms with Gasteiger partial charge in [-0.15, -0.1) is 0 Å². The number of nitrogens with one attached hydrogen (secondary N) is 1. The van der Waals surface area contributed by atoms with Gasteiger partial charge in [-0.1, -0.05) is 25.9 Å². The fraction of sp³-hybridized carbons (Fsp3) is 0.556. The summed E-state index contributed by atoms with van der Waals surface area (Å²) in [6, 6.07) is 3.97. The van der Waals surface area contributed by atoms with E-state index in [0.717, 1.165) is 47.6 Å². The van der Waals surface area contributed by atoms with Crippen LogP contribution in [0.5, 0.6) is 0 Å². The Morgan fingerprint density at radius 1 is 1.18 bits per heavy atom. The summed E-state index contributed by atoms with van der Waals surface area (Å²) >= 11 is 0. The Morgan fingerprint density at radius 3 is 2.64 bits per heavy atom. The van der Waals surface area contributed by atoms with Crippen LogP contribution in [0, 0.1) is 5.82 Å². The second-order valence-corrected chi connectivity index (χ2v) is 12.6. The lowest BCUT2D eigenvalue weighted by molar-refractivity contribution is 0.352. The molecule has 2 heterocycles. The molecule has 4 rings (SSSR count). The SMILES string of the molecule is CN1CCc2[nH]c3cc([Si](C)(C)C4CC4)c(F)cc3c2CC1. The standard InChI is InChI=1S/C18H25FN2Si/c1-21-8-6-13-14-10-15(19)18(22(2,3)12-4-5-12)11-17(14)20-16(13)7-9-21/h10-12,20H,4-9H2,1-3H3. The van der Waals surface area contributed by atoms with Crippen molar-refractivity contribution >= 4 is 24.2 Å². The summed E-state index contributed by atoms with van der Waals surface area (Å²) < 4.78 is 14.8. The number of hydrogen-bond donors (Lipinski definition) is 1. The van der Waals surface area contributed by atoms with Crippen molar-refractivity contribution in [2.75, 3.05) is 20.1 Å². The van der Waals surface area contributed by atoms with Gasteiger partial charge < -0.3 is 9.88 Å². The zero-order valence-corrected chi connectivity index (χ0v) is 14.8. The third-order valence-corrected chi connectivity index (χ3v) is 10.3. The van der Waals surface area contributed by atoms with Crippen LogP contribution in [0.25, 0.3) is 10.9 Å². The van der Waals surface area contributed by atoms with Crippen LogP contribution in [-0.4, -0.2) is 38.1 Å². The molecule has 0 unspecified atom stereocenters. The van der Waals surface area contributed by atoms with Crippen LogP contribution in [-0.2, 0) is 12.8 Å². The third kappa shape index (κ3) is 2.24. The van der Waals surface area contributed by atoms with Crippen LogP contribution in [0.3, 0.4) is 0 Å². The average Bonchev–Trinajstić information content (AvgIpc) is 3.27. The molecule has 1 aliphatic heterocycles. The highest BCUT2D eigenvalue weighted by molar-refractivity contribution is 6.91. The van der Waals surface area contributed by atoms with E-state index in [9.17, 15) is 4.39 Å². The highest BCUT2D eigenvalue weighted by Gasteiger charge is 2.42. The number of benzene rings is 1. The Morgan fingerprint density at radius 2 is 1.91 bits per heavy atom. The number of hydrogen-bond acceptors (Lipinski definition) is 1. The number of halogens is 1. The first-order chi connectivity index (χ1) is 10.5. The van der Waals surface area contributed by atoms with Gasteiger partial charge in [0.15, 0.2) is 0 Å². The van der Waals surface area contributed by atoms with Crippen LogP contribution in [0.1, 0.15) is 24.1 Å². The monoisotopic (exact) mass is 316 g/mol. The van der Waals surface area contributed by atoms with E-state index in [0.29, 0.717) is 0 Å². The van der Waals surface area contributed by atoms with Gasteiger partial charge in [0.25, 0.3) is 0 Å². The second-order valence-electron chi connectivity index (χ2n) is 7.76. The van der Waals surface area contributed by atoms with Crippen LogP contribution in [0.15, 0.2) is 12.1 Å². The Bertz CT molecular complexity index is 730. The van der Waals surface area contributed by atoms with Crippen LogP contribution >= 0.6 is 0 Å². The molecule has 4 heteroatoms. The summed E-state index contributed by atoms with van der Waals surface area (Å²) in [4.78, 5) is 5.96. The first-order valence-electron chi connectivity index (χ1n) is 8.49. The van der Waals surface area contributed by atoms with Crippen molar-refractivity contribution in [2.24, 2.45) is 0 Å². The summed E-state index contributed by atoms with van der Waals surface area (Å²) in [5.74, 6) is 0.0375. The molecule has 1 N–H and O–H groups in total.